The van der Waals surface area contributed by atoms with Gasteiger partial charge in [0.25, 0.3) is 0 Å². The molecule has 0 spiro atoms. The van der Waals surface area contributed by atoms with E-state index in [0.717, 1.165) is 5.56 Å². The van der Waals surface area contributed by atoms with Gasteiger partial charge in [0.2, 0.25) is 0 Å². The zero-order valence-electron chi connectivity index (χ0n) is 13.8. The molecule has 0 aliphatic rings. The Labute approximate surface area is 150 Å². The van der Waals surface area contributed by atoms with Crippen molar-refractivity contribution in [3.8, 4) is 17.7 Å². The summed E-state index contributed by atoms with van der Waals surface area (Å²) in [6.45, 7) is 1.64. The zero-order chi connectivity index (χ0) is 18.2. The summed E-state index contributed by atoms with van der Waals surface area (Å²) in [5.74, 6) is -0.246. The van der Waals surface area contributed by atoms with Crippen LogP contribution in [0.3, 0.4) is 0 Å². The zero-order valence-corrected chi connectivity index (χ0v) is 14.6. The lowest BCUT2D eigenvalue weighted by atomic mass is 10.1. The summed E-state index contributed by atoms with van der Waals surface area (Å²) in [5, 5.41) is 21.9. The van der Waals surface area contributed by atoms with Crippen LogP contribution < -0.4 is 10.1 Å². The van der Waals surface area contributed by atoms with Gasteiger partial charge in [0.15, 0.2) is 28.6 Å². The summed E-state index contributed by atoms with van der Waals surface area (Å²) in [4.78, 5) is 15.9. The standard InChI is InChI=1S/C18H17N3O3S/c1-12(22)14-8-9-15(24-10-13-6-4-3-5-7-13)16(17(14)23)21-18(25-2)20-11-19/h3-9,23H,10H2,1-2H3,(H,20,21). The molecule has 0 amide bonds. The first kappa shape index (κ1) is 18.4. The molecule has 25 heavy (non-hydrogen) atoms. The second-order valence-corrected chi connectivity index (χ2v) is 5.79. The van der Waals surface area contributed by atoms with Gasteiger partial charge in [-0.3, -0.25) is 10.1 Å². The number of hydrogen-bond acceptors (Lipinski definition) is 6. The number of Topliss-reactive ketones (excluding diaryl/α,β-unsaturated/α-hetero) is 1. The molecular formula is C18H17N3O3S. The molecule has 0 bridgehead atoms. The van der Waals surface area contributed by atoms with E-state index < -0.39 is 0 Å². The molecule has 0 saturated carbocycles. The average Bonchev–Trinajstić information content (AvgIpc) is 2.62. The Morgan fingerprint density at radius 3 is 2.64 bits per heavy atom. The van der Waals surface area contributed by atoms with Crippen LogP contribution >= 0.6 is 11.8 Å². The molecule has 2 aromatic carbocycles. The number of nitriles is 1. The second kappa shape index (κ2) is 8.76. The minimum absolute atomic E-state index is 0.107. The SMILES string of the molecule is CSC(=Nc1c(OCc2ccccc2)ccc(C(C)=O)c1O)NC#N. The van der Waals surface area contributed by atoms with Crippen LogP contribution in [-0.2, 0) is 6.61 Å². The highest BCUT2D eigenvalue weighted by molar-refractivity contribution is 8.13. The van der Waals surface area contributed by atoms with Crippen LogP contribution in [0.25, 0.3) is 0 Å². The van der Waals surface area contributed by atoms with Gasteiger partial charge in [0, 0.05) is 0 Å². The summed E-state index contributed by atoms with van der Waals surface area (Å²) in [7, 11) is 0. The lowest BCUT2D eigenvalue weighted by Gasteiger charge is -2.13. The predicted octanol–water partition coefficient (Wildman–Crippen LogP) is 3.59. The quantitative estimate of drug-likeness (QED) is 0.280. The molecule has 0 aliphatic carbocycles. The Morgan fingerprint density at radius 2 is 2.04 bits per heavy atom. The molecule has 0 radical (unpaired) electrons. The van der Waals surface area contributed by atoms with Gasteiger partial charge in [-0.2, -0.15) is 5.26 Å². The van der Waals surface area contributed by atoms with Gasteiger partial charge < -0.3 is 9.84 Å². The first-order valence-electron chi connectivity index (χ1n) is 7.38. The van der Waals surface area contributed by atoms with E-state index in [9.17, 15) is 9.90 Å². The summed E-state index contributed by atoms with van der Waals surface area (Å²) < 4.78 is 5.76. The van der Waals surface area contributed by atoms with Crippen molar-refractivity contribution in [1.82, 2.24) is 5.32 Å². The van der Waals surface area contributed by atoms with Crippen LogP contribution in [-0.4, -0.2) is 22.3 Å². The third-order valence-electron chi connectivity index (χ3n) is 3.30. The van der Waals surface area contributed by atoms with Gasteiger partial charge in [-0.25, -0.2) is 4.99 Å². The molecule has 0 unspecified atom stereocenters. The first-order valence-corrected chi connectivity index (χ1v) is 8.60. The van der Waals surface area contributed by atoms with Gasteiger partial charge in [0.05, 0.1) is 5.56 Å². The van der Waals surface area contributed by atoms with Crippen molar-refractivity contribution in [2.45, 2.75) is 13.5 Å². The van der Waals surface area contributed by atoms with Gasteiger partial charge in [-0.05, 0) is 30.9 Å². The fourth-order valence-electron chi connectivity index (χ4n) is 2.08. The van der Waals surface area contributed by atoms with Crippen LogP contribution in [0.4, 0.5) is 5.69 Å². The molecule has 6 nitrogen and oxygen atoms in total. The van der Waals surface area contributed by atoms with E-state index in [0.29, 0.717) is 5.75 Å². The number of rotatable bonds is 5. The third kappa shape index (κ3) is 4.75. The minimum Gasteiger partial charge on any atom is -0.505 e. The van der Waals surface area contributed by atoms with Crippen molar-refractivity contribution >= 4 is 28.4 Å². The normalized spacial score (nSPS) is 10.8. The van der Waals surface area contributed by atoms with Crippen LogP contribution in [0, 0.1) is 11.5 Å². The van der Waals surface area contributed by atoms with Crippen molar-refractivity contribution in [3.63, 3.8) is 0 Å². The number of nitrogens with zero attached hydrogens (tertiary/aromatic N) is 2. The topological polar surface area (TPSA) is 94.7 Å². The lowest BCUT2D eigenvalue weighted by Crippen LogP contribution is -2.12. The molecule has 0 aromatic heterocycles. The Morgan fingerprint density at radius 1 is 1.32 bits per heavy atom. The highest BCUT2D eigenvalue weighted by Gasteiger charge is 2.17. The van der Waals surface area contributed by atoms with E-state index in [-0.39, 0.29) is 34.6 Å². The highest BCUT2D eigenvalue weighted by atomic mass is 32.2. The summed E-state index contributed by atoms with van der Waals surface area (Å²) in [5.41, 5.74) is 1.20. The smallest absolute Gasteiger partial charge is 0.183 e. The molecule has 0 fully saturated rings. The molecule has 128 valence electrons. The van der Waals surface area contributed by atoms with Crippen molar-refractivity contribution < 1.29 is 14.6 Å². The van der Waals surface area contributed by atoms with Crippen LogP contribution in [0.5, 0.6) is 11.5 Å². The predicted molar refractivity (Wildman–Crippen MR) is 98.2 cm³/mol. The minimum atomic E-state index is -0.289. The molecule has 2 rings (SSSR count). The first-order chi connectivity index (χ1) is 12.1. The Kier molecular flexibility index (Phi) is 6.43. The van der Waals surface area contributed by atoms with Gasteiger partial charge in [-0.1, -0.05) is 42.1 Å². The Hall–Kier alpha value is -2.98. The fraction of sp³-hybridized carbons (Fsp3) is 0.167. The average molecular weight is 355 g/mol. The molecule has 7 heteroatoms. The van der Waals surface area contributed by atoms with Crippen molar-refractivity contribution in [2.24, 2.45) is 4.99 Å². The Bertz CT molecular complexity index is 829. The maximum Gasteiger partial charge on any atom is 0.183 e. The van der Waals surface area contributed by atoms with Crippen molar-refractivity contribution in [3.05, 3.63) is 53.6 Å². The van der Waals surface area contributed by atoms with Crippen molar-refractivity contribution in [2.75, 3.05) is 6.26 Å². The number of hydrogen-bond donors (Lipinski definition) is 2. The van der Waals surface area contributed by atoms with E-state index in [4.69, 9.17) is 10.00 Å². The largest absolute Gasteiger partial charge is 0.505 e. The number of aliphatic imine (C=N–C) groups is 1. The number of ketones is 1. The molecule has 0 saturated heterocycles. The molecule has 0 aliphatic heterocycles. The number of aromatic hydroxyl groups is 1. The number of ether oxygens (including phenoxy) is 1. The number of phenolic OH excluding ortho intramolecular Hbond substituents is 1. The van der Waals surface area contributed by atoms with Crippen molar-refractivity contribution in [1.29, 1.82) is 5.26 Å². The monoisotopic (exact) mass is 355 g/mol. The van der Waals surface area contributed by atoms with Gasteiger partial charge in [0.1, 0.15) is 12.4 Å². The van der Waals surface area contributed by atoms with Crippen LogP contribution in [0.1, 0.15) is 22.8 Å². The van der Waals surface area contributed by atoms with E-state index in [1.165, 1.54) is 24.8 Å². The maximum atomic E-state index is 11.7. The number of phenols is 1. The fourth-order valence-corrected chi connectivity index (χ4v) is 2.41. The number of amidine groups is 1. The lowest BCUT2D eigenvalue weighted by molar-refractivity contribution is 0.101. The van der Waals surface area contributed by atoms with Gasteiger partial charge in [-0.15, -0.1) is 0 Å². The third-order valence-corrected chi connectivity index (χ3v) is 3.88. The maximum absolute atomic E-state index is 11.7. The summed E-state index contributed by atoms with van der Waals surface area (Å²) in [6.07, 6.45) is 3.52. The van der Waals surface area contributed by atoms with Crippen LogP contribution in [0.15, 0.2) is 47.5 Å². The van der Waals surface area contributed by atoms with E-state index in [1.54, 1.807) is 18.5 Å². The molecule has 2 N–H and O–H groups in total. The highest BCUT2D eigenvalue weighted by Crippen LogP contribution is 2.40. The molecule has 2 aromatic rings. The molecule has 0 atom stereocenters. The number of benzene rings is 2. The Balaban J connectivity index is 2.42. The summed E-state index contributed by atoms with van der Waals surface area (Å²) >= 11 is 1.20. The second-order valence-electron chi connectivity index (χ2n) is 5.00. The number of thioether (sulfide) groups is 1. The number of carbonyl (C=O) groups excluding carboxylic acids is 1. The molecule has 0 heterocycles. The van der Waals surface area contributed by atoms with Crippen LogP contribution in [0.2, 0.25) is 0 Å². The van der Waals surface area contributed by atoms with E-state index >= 15 is 0 Å². The number of carbonyl (C=O) groups is 1. The summed E-state index contributed by atoms with van der Waals surface area (Å²) in [6, 6.07) is 12.6. The van der Waals surface area contributed by atoms with Gasteiger partial charge >= 0.3 is 0 Å². The number of nitrogens with one attached hydrogen (secondary N) is 1. The van der Waals surface area contributed by atoms with E-state index in [2.05, 4.69) is 10.3 Å². The molecular weight excluding hydrogens is 338 g/mol. The van der Waals surface area contributed by atoms with E-state index in [1.807, 2.05) is 30.3 Å².